The lowest BCUT2D eigenvalue weighted by Gasteiger charge is -2.18. The lowest BCUT2D eigenvalue weighted by molar-refractivity contribution is -0.152. The molecule has 3 rings (SSSR count). The molecule has 1 aliphatic heterocycles. The van der Waals surface area contributed by atoms with Crippen molar-refractivity contribution in [2.45, 2.75) is 19.4 Å². The Morgan fingerprint density at radius 1 is 1.13 bits per heavy atom. The Hall–Kier alpha value is -3.20. The van der Waals surface area contributed by atoms with E-state index in [1.54, 1.807) is 24.3 Å². The predicted octanol–water partition coefficient (Wildman–Crippen LogP) is 2.36. The number of nitrogens with zero attached hydrogens (tertiary/aromatic N) is 1. The second-order valence-electron chi connectivity index (χ2n) is 7.16. The van der Waals surface area contributed by atoms with Gasteiger partial charge in [0.05, 0.1) is 18.5 Å². The molecule has 2 aromatic rings. The number of halogens is 1. The van der Waals surface area contributed by atoms with Gasteiger partial charge in [0.2, 0.25) is 5.91 Å². The molecule has 8 nitrogen and oxygen atoms in total. The molecule has 0 spiro atoms. The van der Waals surface area contributed by atoms with Crippen molar-refractivity contribution in [3.63, 3.8) is 0 Å². The first-order chi connectivity index (χ1) is 14.8. The molecule has 0 saturated carbocycles. The van der Waals surface area contributed by atoms with Crippen molar-refractivity contribution in [2.24, 2.45) is 5.92 Å². The van der Waals surface area contributed by atoms with E-state index >= 15 is 0 Å². The van der Waals surface area contributed by atoms with Crippen LogP contribution in [0, 0.1) is 5.92 Å². The number of benzene rings is 2. The molecule has 0 bridgehead atoms. The molecule has 1 aliphatic rings. The van der Waals surface area contributed by atoms with Crippen LogP contribution in [0.3, 0.4) is 0 Å². The molecule has 1 saturated heterocycles. The molecule has 31 heavy (non-hydrogen) atoms. The average molecular weight is 488 g/mol. The molecule has 1 heterocycles. The number of rotatable bonds is 7. The monoisotopic (exact) mass is 487 g/mol. The van der Waals surface area contributed by atoms with Crippen LogP contribution in [0.15, 0.2) is 59.1 Å². The third-order valence-electron chi connectivity index (χ3n) is 4.82. The lowest BCUT2D eigenvalue weighted by atomic mass is 10.1. The first-order valence-corrected chi connectivity index (χ1v) is 10.5. The van der Waals surface area contributed by atoms with Gasteiger partial charge in [-0.3, -0.25) is 29.6 Å². The Labute approximate surface area is 188 Å². The van der Waals surface area contributed by atoms with Gasteiger partial charge in [0, 0.05) is 16.5 Å². The second-order valence-corrected chi connectivity index (χ2v) is 8.08. The van der Waals surface area contributed by atoms with E-state index in [1.165, 1.54) is 0 Å². The van der Waals surface area contributed by atoms with E-state index in [2.05, 4.69) is 26.7 Å². The molecule has 3 amide bonds. The standard InChI is InChI=1S/C22H22BrN3O5/c1-14(15-5-3-2-4-6-15)24-19(27)13-31-22(30)17-11-20(28)26(12-17)25-21(29)16-7-9-18(23)10-8-16/h2-10,14,17H,11-13H2,1H3,(H,24,27)(H,25,29)/t14-,17-/m0/s1. The summed E-state index contributed by atoms with van der Waals surface area (Å²) in [4.78, 5) is 48.8. The van der Waals surface area contributed by atoms with Crippen LogP contribution < -0.4 is 10.7 Å². The van der Waals surface area contributed by atoms with E-state index in [4.69, 9.17) is 4.74 Å². The van der Waals surface area contributed by atoms with Gasteiger partial charge in [0.15, 0.2) is 6.61 Å². The van der Waals surface area contributed by atoms with Gasteiger partial charge in [0.1, 0.15) is 0 Å². The van der Waals surface area contributed by atoms with Crippen molar-refractivity contribution in [3.05, 3.63) is 70.2 Å². The quantitative estimate of drug-likeness (QED) is 0.583. The number of nitrogens with one attached hydrogen (secondary N) is 2. The van der Waals surface area contributed by atoms with E-state index in [0.29, 0.717) is 5.56 Å². The number of hydrogen-bond donors (Lipinski definition) is 2. The summed E-state index contributed by atoms with van der Waals surface area (Å²) in [6.07, 6.45) is -0.0957. The normalized spacial score (nSPS) is 16.5. The van der Waals surface area contributed by atoms with E-state index in [-0.39, 0.29) is 19.0 Å². The molecule has 0 unspecified atom stereocenters. The number of esters is 1. The summed E-state index contributed by atoms with van der Waals surface area (Å²) in [5, 5.41) is 3.86. The molecule has 0 aromatic heterocycles. The summed E-state index contributed by atoms with van der Waals surface area (Å²) >= 11 is 3.29. The molecular formula is C22H22BrN3O5. The molecule has 2 atom stereocenters. The summed E-state index contributed by atoms with van der Waals surface area (Å²) < 4.78 is 5.90. The van der Waals surface area contributed by atoms with E-state index < -0.39 is 36.2 Å². The van der Waals surface area contributed by atoms with Crippen molar-refractivity contribution >= 4 is 39.6 Å². The molecular weight excluding hydrogens is 466 g/mol. The minimum atomic E-state index is -0.753. The maximum Gasteiger partial charge on any atom is 0.311 e. The Balaban J connectivity index is 1.45. The second kappa shape index (κ2) is 10.2. The summed E-state index contributed by atoms with van der Waals surface area (Å²) in [5.41, 5.74) is 3.81. The zero-order valence-corrected chi connectivity index (χ0v) is 18.4. The van der Waals surface area contributed by atoms with Gasteiger partial charge >= 0.3 is 5.97 Å². The largest absolute Gasteiger partial charge is 0.455 e. The number of hydrogen-bond acceptors (Lipinski definition) is 5. The highest BCUT2D eigenvalue weighted by molar-refractivity contribution is 9.10. The van der Waals surface area contributed by atoms with Crippen LogP contribution in [0.1, 0.15) is 35.3 Å². The number of carbonyl (C=O) groups excluding carboxylic acids is 4. The van der Waals surface area contributed by atoms with Gasteiger partial charge in [-0.1, -0.05) is 46.3 Å². The van der Waals surface area contributed by atoms with Crippen LogP contribution in [0.4, 0.5) is 0 Å². The Kier molecular flexibility index (Phi) is 7.41. The molecule has 162 valence electrons. The topological polar surface area (TPSA) is 105 Å². The van der Waals surface area contributed by atoms with Gasteiger partial charge in [0.25, 0.3) is 11.8 Å². The van der Waals surface area contributed by atoms with Gasteiger partial charge in [-0.15, -0.1) is 0 Å². The summed E-state index contributed by atoms with van der Waals surface area (Å²) in [7, 11) is 0. The third kappa shape index (κ3) is 6.14. The van der Waals surface area contributed by atoms with Crippen molar-refractivity contribution in [1.29, 1.82) is 0 Å². The average Bonchev–Trinajstić information content (AvgIpc) is 3.13. The Bertz CT molecular complexity index is 965. The first-order valence-electron chi connectivity index (χ1n) is 9.71. The first kappa shape index (κ1) is 22.5. The Morgan fingerprint density at radius 2 is 1.81 bits per heavy atom. The minimum absolute atomic E-state index is 0.0119. The third-order valence-corrected chi connectivity index (χ3v) is 5.35. The van der Waals surface area contributed by atoms with Crippen LogP contribution in [-0.4, -0.2) is 41.9 Å². The van der Waals surface area contributed by atoms with Crippen LogP contribution in [-0.2, 0) is 19.1 Å². The number of carbonyl (C=O) groups is 4. The van der Waals surface area contributed by atoms with Crippen molar-refractivity contribution in [3.8, 4) is 0 Å². The van der Waals surface area contributed by atoms with E-state index in [9.17, 15) is 19.2 Å². The fourth-order valence-electron chi connectivity index (χ4n) is 3.12. The van der Waals surface area contributed by atoms with Gasteiger partial charge < -0.3 is 10.1 Å². The maximum absolute atomic E-state index is 12.3. The lowest BCUT2D eigenvalue weighted by Crippen LogP contribution is -2.43. The fourth-order valence-corrected chi connectivity index (χ4v) is 3.39. The van der Waals surface area contributed by atoms with Gasteiger partial charge in [-0.2, -0.15) is 0 Å². The number of ether oxygens (including phenoxy) is 1. The summed E-state index contributed by atoms with van der Waals surface area (Å²) in [5.74, 6) is -2.69. The van der Waals surface area contributed by atoms with Crippen LogP contribution >= 0.6 is 15.9 Å². The molecule has 2 N–H and O–H groups in total. The summed E-state index contributed by atoms with van der Waals surface area (Å²) in [6.45, 7) is 1.38. The zero-order chi connectivity index (χ0) is 22.4. The zero-order valence-electron chi connectivity index (χ0n) is 16.8. The molecule has 0 radical (unpaired) electrons. The fraction of sp³-hybridized carbons (Fsp3) is 0.273. The van der Waals surface area contributed by atoms with Crippen LogP contribution in [0.25, 0.3) is 0 Å². The minimum Gasteiger partial charge on any atom is -0.455 e. The Morgan fingerprint density at radius 3 is 2.48 bits per heavy atom. The smallest absolute Gasteiger partial charge is 0.311 e. The van der Waals surface area contributed by atoms with Crippen molar-refractivity contribution in [2.75, 3.05) is 13.2 Å². The highest BCUT2D eigenvalue weighted by Crippen LogP contribution is 2.18. The van der Waals surface area contributed by atoms with Gasteiger partial charge in [-0.05, 0) is 36.8 Å². The SMILES string of the molecule is C[C@H](NC(=O)COC(=O)[C@H]1CC(=O)N(NC(=O)c2ccc(Br)cc2)C1)c1ccccc1. The van der Waals surface area contributed by atoms with E-state index in [0.717, 1.165) is 15.0 Å². The molecule has 9 heteroatoms. The number of amides is 3. The molecule has 0 aliphatic carbocycles. The maximum atomic E-state index is 12.3. The molecule has 2 aromatic carbocycles. The highest BCUT2D eigenvalue weighted by Gasteiger charge is 2.36. The summed E-state index contributed by atoms with van der Waals surface area (Å²) in [6, 6.07) is 15.8. The van der Waals surface area contributed by atoms with Crippen molar-refractivity contribution in [1.82, 2.24) is 15.8 Å². The van der Waals surface area contributed by atoms with Crippen LogP contribution in [0.5, 0.6) is 0 Å². The predicted molar refractivity (Wildman–Crippen MR) is 115 cm³/mol. The number of hydrazine groups is 1. The molecule has 1 fully saturated rings. The van der Waals surface area contributed by atoms with E-state index in [1.807, 2.05) is 37.3 Å². The van der Waals surface area contributed by atoms with Gasteiger partial charge in [-0.25, -0.2) is 0 Å². The highest BCUT2D eigenvalue weighted by atomic mass is 79.9. The van der Waals surface area contributed by atoms with Crippen LogP contribution in [0.2, 0.25) is 0 Å². The van der Waals surface area contributed by atoms with Crippen molar-refractivity contribution < 1.29 is 23.9 Å².